The molecule has 1 atom stereocenters. The van der Waals surface area contributed by atoms with Gasteiger partial charge in [-0.05, 0) is 63.2 Å². The first-order valence-corrected chi connectivity index (χ1v) is 9.74. The summed E-state index contributed by atoms with van der Waals surface area (Å²) in [5, 5.41) is 1.34. The van der Waals surface area contributed by atoms with Crippen LogP contribution in [0, 0.1) is 0 Å². The van der Waals surface area contributed by atoms with E-state index in [-0.39, 0.29) is 0 Å². The molecule has 3 N–H and O–H groups in total. The Labute approximate surface area is 160 Å². The number of hydrogen-bond acceptors (Lipinski definition) is 5. The standard InChI is InChI=1S/C21H28N6/c1-26(15-21-24-11-8-20(22)25-21)17-5-3-12-27(13-9-17)14-16-4-2-6-19-18(16)7-10-23-19/h2,4,6-8,10-11,17,23H,3,5,9,12-15H2,1H3,(H2,22,24,25)/t17-/m0/s1. The molecule has 1 aliphatic rings. The molecule has 1 aromatic carbocycles. The van der Waals surface area contributed by atoms with Crippen molar-refractivity contribution in [2.24, 2.45) is 0 Å². The molecular formula is C21H28N6. The van der Waals surface area contributed by atoms with E-state index in [1.807, 2.05) is 6.20 Å². The van der Waals surface area contributed by atoms with Crippen molar-refractivity contribution >= 4 is 16.7 Å². The molecule has 1 aliphatic heterocycles. The lowest BCUT2D eigenvalue weighted by molar-refractivity contribution is 0.202. The zero-order chi connectivity index (χ0) is 18.6. The number of anilines is 1. The maximum Gasteiger partial charge on any atom is 0.144 e. The number of aromatic amines is 1. The van der Waals surface area contributed by atoms with E-state index in [1.54, 1.807) is 12.3 Å². The van der Waals surface area contributed by atoms with E-state index < -0.39 is 0 Å². The predicted octanol–water partition coefficient (Wildman–Crippen LogP) is 3.03. The maximum absolute atomic E-state index is 5.78. The van der Waals surface area contributed by atoms with Gasteiger partial charge in [-0.3, -0.25) is 9.80 Å². The SMILES string of the molecule is CN(Cc1nccc(N)n1)[C@H]1CCCN(Cc2cccc3[nH]ccc23)CC1. The number of aromatic nitrogens is 3. The molecule has 1 fully saturated rings. The Morgan fingerprint density at radius 3 is 3.04 bits per heavy atom. The van der Waals surface area contributed by atoms with Crippen LogP contribution in [-0.2, 0) is 13.1 Å². The van der Waals surface area contributed by atoms with Crippen LogP contribution in [-0.4, -0.2) is 50.9 Å². The smallest absolute Gasteiger partial charge is 0.144 e. The number of fused-ring (bicyclic) bond motifs is 1. The molecular weight excluding hydrogens is 336 g/mol. The maximum atomic E-state index is 5.78. The average molecular weight is 364 g/mol. The number of nitrogens with zero attached hydrogens (tertiary/aromatic N) is 4. The molecule has 0 amide bonds. The Morgan fingerprint density at radius 1 is 1.22 bits per heavy atom. The minimum Gasteiger partial charge on any atom is -0.384 e. The van der Waals surface area contributed by atoms with Crippen LogP contribution < -0.4 is 5.73 Å². The van der Waals surface area contributed by atoms with Gasteiger partial charge < -0.3 is 10.7 Å². The third-order valence-corrected chi connectivity index (χ3v) is 5.61. The third-order valence-electron chi connectivity index (χ3n) is 5.61. The second-order valence-corrected chi connectivity index (χ2v) is 7.53. The second kappa shape index (κ2) is 8.06. The lowest BCUT2D eigenvalue weighted by Gasteiger charge is -2.26. The molecule has 3 heterocycles. The third kappa shape index (κ3) is 4.28. The number of hydrogen-bond donors (Lipinski definition) is 2. The summed E-state index contributed by atoms with van der Waals surface area (Å²) in [6.45, 7) is 4.04. The monoisotopic (exact) mass is 364 g/mol. The van der Waals surface area contributed by atoms with Crippen molar-refractivity contribution in [1.29, 1.82) is 0 Å². The molecule has 6 nitrogen and oxygen atoms in total. The van der Waals surface area contributed by atoms with E-state index in [0.717, 1.165) is 32.0 Å². The van der Waals surface area contributed by atoms with Crippen LogP contribution in [0.1, 0.15) is 30.7 Å². The molecule has 3 aromatic rings. The van der Waals surface area contributed by atoms with Crippen molar-refractivity contribution in [2.75, 3.05) is 25.9 Å². The Balaban J connectivity index is 1.36. The van der Waals surface area contributed by atoms with Gasteiger partial charge in [-0.25, -0.2) is 9.97 Å². The fourth-order valence-corrected chi connectivity index (χ4v) is 4.11. The topological polar surface area (TPSA) is 74.1 Å². The summed E-state index contributed by atoms with van der Waals surface area (Å²) < 4.78 is 0. The summed E-state index contributed by atoms with van der Waals surface area (Å²) in [7, 11) is 2.17. The summed E-state index contributed by atoms with van der Waals surface area (Å²) in [5.41, 5.74) is 8.42. The first kappa shape index (κ1) is 17.9. The molecule has 4 rings (SSSR count). The number of nitrogens with one attached hydrogen (secondary N) is 1. The van der Waals surface area contributed by atoms with E-state index in [1.165, 1.54) is 35.7 Å². The van der Waals surface area contributed by atoms with E-state index >= 15 is 0 Å². The molecule has 1 saturated heterocycles. The van der Waals surface area contributed by atoms with Crippen molar-refractivity contribution in [2.45, 2.75) is 38.4 Å². The van der Waals surface area contributed by atoms with E-state index in [4.69, 9.17) is 5.73 Å². The van der Waals surface area contributed by atoms with Gasteiger partial charge in [0.1, 0.15) is 11.6 Å². The summed E-state index contributed by atoms with van der Waals surface area (Å²) in [6.07, 6.45) is 7.36. The zero-order valence-corrected chi connectivity index (χ0v) is 15.9. The number of H-pyrrole nitrogens is 1. The molecule has 0 unspecified atom stereocenters. The van der Waals surface area contributed by atoms with Crippen molar-refractivity contribution in [1.82, 2.24) is 24.8 Å². The van der Waals surface area contributed by atoms with Crippen molar-refractivity contribution in [3.05, 3.63) is 54.1 Å². The number of rotatable bonds is 5. The van der Waals surface area contributed by atoms with Gasteiger partial charge in [0.25, 0.3) is 0 Å². The van der Waals surface area contributed by atoms with Gasteiger partial charge in [-0.2, -0.15) is 0 Å². The highest BCUT2D eigenvalue weighted by Crippen LogP contribution is 2.22. The Kier molecular flexibility index (Phi) is 5.36. The molecule has 0 radical (unpaired) electrons. The minimum absolute atomic E-state index is 0.541. The molecule has 6 heteroatoms. The zero-order valence-electron chi connectivity index (χ0n) is 15.9. The first-order chi connectivity index (χ1) is 13.2. The van der Waals surface area contributed by atoms with Crippen molar-refractivity contribution in [3.8, 4) is 0 Å². The highest BCUT2D eigenvalue weighted by Gasteiger charge is 2.21. The highest BCUT2D eigenvalue weighted by atomic mass is 15.2. The summed E-state index contributed by atoms with van der Waals surface area (Å²) >= 11 is 0. The van der Waals surface area contributed by atoms with Crippen LogP contribution in [0.2, 0.25) is 0 Å². The number of likely N-dealkylation sites (tertiary alicyclic amines) is 1. The quantitative estimate of drug-likeness (QED) is 0.728. The van der Waals surface area contributed by atoms with Crippen LogP contribution in [0.3, 0.4) is 0 Å². The van der Waals surface area contributed by atoms with E-state index in [0.29, 0.717) is 11.9 Å². The van der Waals surface area contributed by atoms with Gasteiger partial charge in [-0.15, -0.1) is 0 Å². The molecule has 2 aromatic heterocycles. The van der Waals surface area contributed by atoms with Gasteiger partial charge in [0, 0.05) is 35.9 Å². The summed E-state index contributed by atoms with van der Waals surface area (Å²) in [5.74, 6) is 1.34. The Morgan fingerprint density at radius 2 is 2.15 bits per heavy atom. The highest BCUT2D eigenvalue weighted by molar-refractivity contribution is 5.82. The first-order valence-electron chi connectivity index (χ1n) is 9.74. The molecule has 142 valence electrons. The van der Waals surface area contributed by atoms with Gasteiger partial charge in [-0.1, -0.05) is 12.1 Å². The fraction of sp³-hybridized carbons (Fsp3) is 0.429. The fourth-order valence-electron chi connectivity index (χ4n) is 4.11. The van der Waals surface area contributed by atoms with Crippen LogP contribution in [0.4, 0.5) is 5.82 Å². The average Bonchev–Trinajstić information content (AvgIpc) is 3.02. The predicted molar refractivity (Wildman–Crippen MR) is 109 cm³/mol. The molecule has 0 aliphatic carbocycles. The van der Waals surface area contributed by atoms with Gasteiger partial charge in [0.05, 0.1) is 6.54 Å². The van der Waals surface area contributed by atoms with Crippen LogP contribution in [0.15, 0.2) is 42.7 Å². The number of nitrogens with two attached hydrogens (primary N) is 1. The largest absolute Gasteiger partial charge is 0.384 e. The lowest BCUT2D eigenvalue weighted by atomic mass is 10.1. The van der Waals surface area contributed by atoms with Gasteiger partial charge in [0.15, 0.2) is 0 Å². The van der Waals surface area contributed by atoms with Crippen molar-refractivity contribution in [3.63, 3.8) is 0 Å². The minimum atomic E-state index is 0.541. The van der Waals surface area contributed by atoms with Crippen LogP contribution >= 0.6 is 0 Å². The Hall–Kier alpha value is -2.44. The Bertz CT molecular complexity index is 889. The normalized spacial score (nSPS) is 18.8. The molecule has 0 bridgehead atoms. The molecule has 0 saturated carbocycles. The second-order valence-electron chi connectivity index (χ2n) is 7.53. The summed E-state index contributed by atoms with van der Waals surface area (Å²) in [6, 6.07) is 11.0. The van der Waals surface area contributed by atoms with Gasteiger partial charge in [0.2, 0.25) is 0 Å². The molecule has 27 heavy (non-hydrogen) atoms. The van der Waals surface area contributed by atoms with Crippen molar-refractivity contribution < 1.29 is 0 Å². The number of nitrogen functional groups attached to an aromatic ring is 1. The van der Waals surface area contributed by atoms with Gasteiger partial charge >= 0.3 is 0 Å². The van der Waals surface area contributed by atoms with E-state index in [9.17, 15) is 0 Å². The lowest BCUT2D eigenvalue weighted by Crippen LogP contribution is -2.33. The number of benzene rings is 1. The van der Waals surface area contributed by atoms with Crippen LogP contribution in [0.25, 0.3) is 10.9 Å². The summed E-state index contributed by atoms with van der Waals surface area (Å²) in [4.78, 5) is 17.0. The van der Waals surface area contributed by atoms with E-state index in [2.05, 4.69) is 56.1 Å². The van der Waals surface area contributed by atoms with Crippen LogP contribution in [0.5, 0.6) is 0 Å². The molecule has 0 spiro atoms.